The van der Waals surface area contributed by atoms with Gasteiger partial charge in [-0.1, -0.05) is 0 Å². The number of hydrogen-bond acceptors (Lipinski definition) is 1. The van der Waals surface area contributed by atoms with E-state index in [0.29, 0.717) is 5.57 Å². The van der Waals surface area contributed by atoms with Gasteiger partial charge in [-0.25, -0.2) is 4.39 Å². The van der Waals surface area contributed by atoms with Crippen molar-refractivity contribution in [2.24, 2.45) is 5.73 Å². The van der Waals surface area contributed by atoms with Crippen LogP contribution in [0.15, 0.2) is 11.4 Å². The second-order valence-corrected chi connectivity index (χ2v) is 2.14. The Kier molecular flexibility index (Phi) is 2.69. The quantitative estimate of drug-likeness (QED) is 0.554. The van der Waals surface area contributed by atoms with E-state index in [9.17, 15) is 4.39 Å². The number of nitrogens with two attached hydrogens (primary N) is 1. The highest BCUT2D eigenvalue weighted by molar-refractivity contribution is 5.06. The van der Waals surface area contributed by atoms with Crippen LogP contribution in [0, 0.1) is 0 Å². The molecule has 0 heterocycles. The van der Waals surface area contributed by atoms with Crippen LogP contribution in [0.2, 0.25) is 0 Å². The molecular weight excluding hydrogens is 105 g/mol. The van der Waals surface area contributed by atoms with Crippen LogP contribution in [0.1, 0.15) is 20.8 Å². The molecular formula is C6H12FN. The molecule has 0 aromatic heterocycles. The molecule has 0 bridgehead atoms. The highest BCUT2D eigenvalue weighted by Gasteiger charge is 2.01. The number of rotatable bonds is 1. The van der Waals surface area contributed by atoms with Gasteiger partial charge >= 0.3 is 0 Å². The summed E-state index contributed by atoms with van der Waals surface area (Å²) in [6.07, 6.45) is 0. The van der Waals surface area contributed by atoms with Crippen molar-refractivity contribution in [3.05, 3.63) is 11.4 Å². The minimum atomic E-state index is -0.444. The first kappa shape index (κ1) is 7.63. The van der Waals surface area contributed by atoms with E-state index in [4.69, 9.17) is 5.73 Å². The number of halogens is 1. The topological polar surface area (TPSA) is 26.0 Å². The Morgan fingerprint density at radius 3 is 1.88 bits per heavy atom. The van der Waals surface area contributed by atoms with Gasteiger partial charge in [0.15, 0.2) is 0 Å². The predicted octanol–water partition coefficient (Wildman–Crippen LogP) is 1.60. The Labute approximate surface area is 49.4 Å². The second kappa shape index (κ2) is 2.82. The molecule has 0 fully saturated rings. The van der Waals surface area contributed by atoms with Crippen molar-refractivity contribution in [3.63, 3.8) is 0 Å². The van der Waals surface area contributed by atoms with Crippen molar-refractivity contribution in [2.75, 3.05) is 0 Å². The van der Waals surface area contributed by atoms with Gasteiger partial charge in [-0.3, -0.25) is 0 Å². The summed E-state index contributed by atoms with van der Waals surface area (Å²) in [4.78, 5) is 0. The molecule has 48 valence electrons. The largest absolute Gasteiger partial charge is 0.322 e. The molecule has 0 aromatic rings. The molecule has 1 nitrogen and oxygen atoms in total. The van der Waals surface area contributed by atoms with Crippen LogP contribution < -0.4 is 5.73 Å². The Bertz CT molecular complexity index is 101. The van der Waals surface area contributed by atoms with Gasteiger partial charge < -0.3 is 5.73 Å². The molecule has 0 saturated carbocycles. The minimum absolute atomic E-state index is 0.204. The summed E-state index contributed by atoms with van der Waals surface area (Å²) in [6, 6.07) is -0.444. The third-order valence-corrected chi connectivity index (χ3v) is 0.877. The van der Waals surface area contributed by atoms with Crippen LogP contribution in [0.25, 0.3) is 0 Å². The fraction of sp³-hybridized carbons (Fsp3) is 0.667. The van der Waals surface area contributed by atoms with E-state index in [-0.39, 0.29) is 5.83 Å². The predicted molar refractivity (Wildman–Crippen MR) is 33.1 cm³/mol. The van der Waals surface area contributed by atoms with E-state index < -0.39 is 6.04 Å². The third-order valence-electron chi connectivity index (χ3n) is 0.877. The van der Waals surface area contributed by atoms with Crippen molar-refractivity contribution in [1.82, 2.24) is 0 Å². The summed E-state index contributed by atoms with van der Waals surface area (Å²) in [5, 5.41) is 0. The lowest BCUT2D eigenvalue weighted by atomic mass is 10.2. The van der Waals surface area contributed by atoms with E-state index in [1.807, 2.05) is 0 Å². The monoisotopic (exact) mass is 117 g/mol. The van der Waals surface area contributed by atoms with Gasteiger partial charge in [0.1, 0.15) is 5.83 Å². The molecule has 0 aliphatic heterocycles. The Morgan fingerprint density at radius 1 is 1.50 bits per heavy atom. The first-order chi connectivity index (χ1) is 3.55. The van der Waals surface area contributed by atoms with Gasteiger partial charge in [0.2, 0.25) is 0 Å². The van der Waals surface area contributed by atoms with Crippen molar-refractivity contribution in [3.8, 4) is 0 Å². The minimum Gasteiger partial charge on any atom is -0.322 e. The maximum absolute atomic E-state index is 12.4. The zero-order valence-corrected chi connectivity index (χ0v) is 5.53. The van der Waals surface area contributed by atoms with Gasteiger partial charge in [0.05, 0.1) is 6.04 Å². The van der Waals surface area contributed by atoms with E-state index in [2.05, 4.69) is 0 Å². The SMILES string of the molecule is CC(C)=C(F)[C@@H](C)N. The van der Waals surface area contributed by atoms with Crippen LogP contribution in [-0.2, 0) is 0 Å². The van der Waals surface area contributed by atoms with Gasteiger partial charge in [-0.15, -0.1) is 0 Å². The fourth-order valence-corrected chi connectivity index (χ4v) is 0.455. The summed E-state index contributed by atoms with van der Waals surface area (Å²) in [6.45, 7) is 5.04. The maximum atomic E-state index is 12.4. The zero-order valence-electron chi connectivity index (χ0n) is 5.53. The highest BCUT2D eigenvalue weighted by atomic mass is 19.1. The first-order valence-electron chi connectivity index (χ1n) is 2.64. The van der Waals surface area contributed by atoms with E-state index in [1.54, 1.807) is 20.8 Å². The highest BCUT2D eigenvalue weighted by Crippen LogP contribution is 2.06. The Balaban J connectivity index is 4.00. The summed E-state index contributed by atoms with van der Waals surface area (Å²) >= 11 is 0. The molecule has 0 aliphatic rings. The van der Waals surface area contributed by atoms with Gasteiger partial charge in [0.25, 0.3) is 0 Å². The third kappa shape index (κ3) is 2.07. The van der Waals surface area contributed by atoms with Crippen LogP contribution in [-0.4, -0.2) is 6.04 Å². The van der Waals surface area contributed by atoms with Crippen molar-refractivity contribution < 1.29 is 4.39 Å². The lowest BCUT2D eigenvalue weighted by Crippen LogP contribution is -2.15. The Morgan fingerprint density at radius 2 is 1.88 bits per heavy atom. The molecule has 2 heteroatoms. The van der Waals surface area contributed by atoms with Crippen molar-refractivity contribution in [1.29, 1.82) is 0 Å². The number of allylic oxidation sites excluding steroid dienone is 1. The lowest BCUT2D eigenvalue weighted by molar-refractivity contribution is 0.549. The molecule has 0 spiro atoms. The van der Waals surface area contributed by atoms with E-state index in [1.165, 1.54) is 0 Å². The second-order valence-electron chi connectivity index (χ2n) is 2.14. The van der Waals surface area contributed by atoms with Crippen molar-refractivity contribution in [2.45, 2.75) is 26.8 Å². The molecule has 0 amide bonds. The molecule has 0 aliphatic carbocycles. The zero-order chi connectivity index (χ0) is 6.73. The maximum Gasteiger partial charge on any atom is 0.115 e. The normalized spacial score (nSPS) is 13.1. The summed E-state index contributed by atoms with van der Waals surface area (Å²) in [7, 11) is 0. The summed E-state index contributed by atoms with van der Waals surface area (Å²) in [5.74, 6) is -0.204. The fourth-order valence-electron chi connectivity index (χ4n) is 0.455. The lowest BCUT2D eigenvalue weighted by Gasteiger charge is -2.01. The molecule has 1 atom stereocenters. The number of hydrogen-bond donors (Lipinski definition) is 1. The van der Waals surface area contributed by atoms with Crippen LogP contribution >= 0.6 is 0 Å². The van der Waals surface area contributed by atoms with E-state index in [0.717, 1.165) is 0 Å². The van der Waals surface area contributed by atoms with Crippen LogP contribution in [0.4, 0.5) is 4.39 Å². The Hall–Kier alpha value is -0.370. The molecule has 0 aromatic carbocycles. The molecule has 2 N–H and O–H groups in total. The first-order valence-corrected chi connectivity index (χ1v) is 2.64. The smallest absolute Gasteiger partial charge is 0.115 e. The average molecular weight is 117 g/mol. The van der Waals surface area contributed by atoms with Crippen LogP contribution in [0.5, 0.6) is 0 Å². The molecule has 0 saturated heterocycles. The van der Waals surface area contributed by atoms with Gasteiger partial charge in [-0.2, -0.15) is 0 Å². The molecule has 8 heavy (non-hydrogen) atoms. The summed E-state index contributed by atoms with van der Waals surface area (Å²) < 4.78 is 12.4. The van der Waals surface area contributed by atoms with Gasteiger partial charge in [0, 0.05) is 0 Å². The molecule has 0 radical (unpaired) electrons. The van der Waals surface area contributed by atoms with E-state index >= 15 is 0 Å². The van der Waals surface area contributed by atoms with Crippen molar-refractivity contribution >= 4 is 0 Å². The molecule has 0 rings (SSSR count). The van der Waals surface area contributed by atoms with Gasteiger partial charge in [-0.05, 0) is 26.3 Å². The van der Waals surface area contributed by atoms with Crippen LogP contribution in [0.3, 0.4) is 0 Å². The standard InChI is InChI=1S/C6H12FN/c1-4(2)6(7)5(3)8/h5H,8H2,1-3H3/t5-/m1/s1. The summed E-state index contributed by atoms with van der Waals surface area (Å²) in [5.41, 5.74) is 5.87. The average Bonchev–Trinajstić information content (AvgIpc) is 1.64. The molecule has 0 unspecified atom stereocenters.